The van der Waals surface area contributed by atoms with Crippen LogP contribution >= 0.6 is 31.9 Å². The van der Waals surface area contributed by atoms with Crippen molar-refractivity contribution in [2.45, 2.75) is 44.9 Å². The predicted molar refractivity (Wildman–Crippen MR) is 121 cm³/mol. The van der Waals surface area contributed by atoms with E-state index < -0.39 is 5.72 Å². The normalized spacial score (nSPS) is 27.0. The smallest absolute Gasteiger partial charge is 0.221 e. The van der Waals surface area contributed by atoms with Gasteiger partial charge >= 0.3 is 0 Å². The van der Waals surface area contributed by atoms with Gasteiger partial charge in [0.15, 0.2) is 0 Å². The number of halogens is 2. The van der Waals surface area contributed by atoms with E-state index in [4.69, 9.17) is 9.84 Å². The summed E-state index contributed by atoms with van der Waals surface area (Å²) in [6.07, 6.45) is 4.07. The molecule has 0 fully saturated rings. The lowest BCUT2D eigenvalue weighted by Crippen LogP contribution is -2.56. The molecule has 0 bridgehead atoms. The summed E-state index contributed by atoms with van der Waals surface area (Å²) in [5, 5.41) is 17.7. The molecule has 29 heavy (non-hydrogen) atoms. The lowest BCUT2D eigenvalue weighted by molar-refractivity contribution is -0.115. The van der Waals surface area contributed by atoms with Gasteiger partial charge in [0, 0.05) is 39.8 Å². The van der Waals surface area contributed by atoms with Crippen molar-refractivity contribution in [1.29, 1.82) is 0 Å². The molecule has 4 nitrogen and oxygen atoms in total. The third kappa shape index (κ3) is 3.30. The highest BCUT2D eigenvalue weighted by Gasteiger charge is 2.53. The van der Waals surface area contributed by atoms with Crippen LogP contribution < -0.4 is 4.74 Å². The summed E-state index contributed by atoms with van der Waals surface area (Å²) in [6.45, 7) is 4.34. The minimum atomic E-state index is -0.783. The molecule has 0 unspecified atom stereocenters. The van der Waals surface area contributed by atoms with Crippen molar-refractivity contribution < 1.29 is 9.84 Å². The molecule has 1 spiro atoms. The van der Waals surface area contributed by atoms with E-state index in [0.717, 1.165) is 44.4 Å². The van der Waals surface area contributed by atoms with Gasteiger partial charge in [-0.1, -0.05) is 57.8 Å². The molecule has 2 heterocycles. The molecule has 0 amide bonds. The first-order valence-corrected chi connectivity index (χ1v) is 11.4. The summed E-state index contributed by atoms with van der Waals surface area (Å²) >= 11 is 7.11. The number of hydrazone groups is 1. The number of nitrogens with zero attached hydrogens (tertiary/aromatic N) is 2. The largest absolute Gasteiger partial charge is 0.512 e. The number of aliphatic hydroxyl groups is 1. The van der Waals surface area contributed by atoms with E-state index in [1.807, 2.05) is 30.3 Å². The van der Waals surface area contributed by atoms with Gasteiger partial charge in [0.25, 0.3) is 0 Å². The molecular weight excluding hydrogens is 496 g/mol. The van der Waals surface area contributed by atoms with Gasteiger partial charge in [-0.15, -0.1) is 0 Å². The van der Waals surface area contributed by atoms with Crippen LogP contribution in [0.25, 0.3) is 0 Å². The molecule has 2 aromatic carbocycles. The summed E-state index contributed by atoms with van der Waals surface area (Å²) in [4.78, 5) is 0. The monoisotopic (exact) mass is 516 g/mol. The summed E-state index contributed by atoms with van der Waals surface area (Å²) in [5.74, 6) is 1.23. The minimum absolute atomic E-state index is 0.0628. The van der Waals surface area contributed by atoms with Gasteiger partial charge < -0.3 is 9.84 Å². The maximum atomic E-state index is 10.6. The molecule has 1 N–H and O–H groups in total. The summed E-state index contributed by atoms with van der Waals surface area (Å²) in [6, 6.07) is 14.5. The fourth-order valence-corrected chi connectivity index (χ4v) is 5.48. The van der Waals surface area contributed by atoms with Crippen LogP contribution in [0.2, 0.25) is 0 Å². The van der Waals surface area contributed by atoms with Crippen molar-refractivity contribution in [3.63, 3.8) is 0 Å². The van der Waals surface area contributed by atoms with E-state index >= 15 is 0 Å². The van der Waals surface area contributed by atoms with Crippen LogP contribution in [0.1, 0.15) is 50.3 Å². The summed E-state index contributed by atoms with van der Waals surface area (Å²) in [7, 11) is 0. The molecule has 0 radical (unpaired) electrons. The van der Waals surface area contributed by atoms with Gasteiger partial charge in [-0.3, -0.25) is 0 Å². The molecule has 0 saturated heterocycles. The Labute approximate surface area is 187 Å². The zero-order valence-electron chi connectivity index (χ0n) is 16.3. The Balaban J connectivity index is 1.66. The van der Waals surface area contributed by atoms with Crippen LogP contribution in [0.5, 0.6) is 5.75 Å². The van der Waals surface area contributed by atoms with E-state index in [0.29, 0.717) is 12.2 Å². The second-order valence-electron chi connectivity index (χ2n) is 8.90. The number of hydrogen-bond donors (Lipinski definition) is 1. The Morgan fingerprint density at radius 3 is 2.55 bits per heavy atom. The Kier molecular flexibility index (Phi) is 4.37. The quantitative estimate of drug-likeness (QED) is 0.457. The zero-order chi connectivity index (χ0) is 20.4. The zero-order valence-corrected chi connectivity index (χ0v) is 19.5. The third-order valence-electron chi connectivity index (χ3n) is 5.88. The molecule has 150 valence electrons. The first-order valence-electron chi connectivity index (χ1n) is 9.77. The van der Waals surface area contributed by atoms with Gasteiger partial charge in [0.1, 0.15) is 5.75 Å². The van der Waals surface area contributed by atoms with Crippen molar-refractivity contribution in [3.05, 3.63) is 74.4 Å². The fraction of sp³-hybridized carbons (Fsp3) is 0.348. The molecule has 0 saturated carbocycles. The van der Waals surface area contributed by atoms with Crippen LogP contribution in [-0.4, -0.2) is 21.6 Å². The SMILES string of the molecule is CC1(C)CC(O)=C[C@]2(C1)Oc1ccc(Br)cc1[C@@H]1CC(c3ccc(Br)cc3)=NN12. The Bertz CT molecular complexity index is 1050. The Morgan fingerprint density at radius 1 is 1.10 bits per heavy atom. The number of aliphatic hydroxyl groups excluding tert-OH is 1. The van der Waals surface area contributed by atoms with E-state index in [-0.39, 0.29) is 11.5 Å². The highest BCUT2D eigenvalue weighted by atomic mass is 79.9. The topological polar surface area (TPSA) is 45.1 Å². The summed E-state index contributed by atoms with van der Waals surface area (Å²) in [5.41, 5.74) is 2.39. The predicted octanol–water partition coefficient (Wildman–Crippen LogP) is 6.71. The highest BCUT2D eigenvalue weighted by Crippen LogP contribution is 2.53. The second-order valence-corrected chi connectivity index (χ2v) is 10.7. The Hall–Kier alpha value is -1.79. The third-order valence-corrected chi connectivity index (χ3v) is 6.90. The van der Waals surface area contributed by atoms with Gasteiger partial charge in [-0.25, -0.2) is 5.01 Å². The van der Waals surface area contributed by atoms with Gasteiger partial charge in [0.05, 0.1) is 17.5 Å². The number of hydrogen-bond acceptors (Lipinski definition) is 4. The van der Waals surface area contributed by atoms with Crippen molar-refractivity contribution >= 4 is 37.6 Å². The highest BCUT2D eigenvalue weighted by molar-refractivity contribution is 9.10. The van der Waals surface area contributed by atoms with Crippen LogP contribution in [-0.2, 0) is 0 Å². The van der Waals surface area contributed by atoms with Gasteiger partial charge in [-0.05, 0) is 41.3 Å². The van der Waals surface area contributed by atoms with Crippen LogP contribution in [0.4, 0.5) is 0 Å². The maximum absolute atomic E-state index is 10.6. The minimum Gasteiger partial charge on any atom is -0.512 e. The van der Waals surface area contributed by atoms with Crippen molar-refractivity contribution in [1.82, 2.24) is 5.01 Å². The van der Waals surface area contributed by atoms with E-state index in [1.54, 1.807) is 0 Å². The molecule has 0 aromatic heterocycles. The van der Waals surface area contributed by atoms with Crippen LogP contribution in [0.3, 0.4) is 0 Å². The summed E-state index contributed by atoms with van der Waals surface area (Å²) < 4.78 is 8.67. The number of rotatable bonds is 1. The number of benzene rings is 2. The molecule has 3 aliphatic rings. The molecule has 1 aliphatic carbocycles. The second kappa shape index (κ2) is 6.61. The molecule has 2 aromatic rings. The molecule has 2 atom stereocenters. The van der Waals surface area contributed by atoms with E-state index in [1.165, 1.54) is 0 Å². The Morgan fingerprint density at radius 2 is 1.83 bits per heavy atom. The number of ether oxygens (including phenoxy) is 1. The average Bonchev–Trinajstić information content (AvgIpc) is 3.08. The lowest BCUT2D eigenvalue weighted by atomic mass is 9.75. The van der Waals surface area contributed by atoms with Crippen LogP contribution in [0.15, 0.2) is 68.3 Å². The van der Waals surface area contributed by atoms with Gasteiger partial charge in [-0.2, -0.15) is 5.10 Å². The molecule has 6 heteroatoms. The van der Waals surface area contributed by atoms with E-state index in [9.17, 15) is 5.11 Å². The van der Waals surface area contributed by atoms with Crippen LogP contribution in [0, 0.1) is 5.41 Å². The van der Waals surface area contributed by atoms with Gasteiger partial charge in [0.2, 0.25) is 5.72 Å². The standard InChI is InChI=1S/C23H22Br2N2O2/c1-22(2)11-17(28)12-23(13-22)27-20(18-9-16(25)7-8-21(18)29-23)10-19(26-27)14-3-5-15(24)6-4-14/h3-9,12,20,28H,10-11,13H2,1-2H3/t20-,23+/m0/s1. The number of fused-ring (bicyclic) bond motifs is 4. The van der Waals surface area contributed by atoms with Crippen molar-refractivity contribution in [3.8, 4) is 5.75 Å². The van der Waals surface area contributed by atoms with Crippen molar-refractivity contribution in [2.24, 2.45) is 10.5 Å². The first kappa shape index (κ1) is 19.2. The fourth-order valence-electron chi connectivity index (χ4n) is 4.84. The molecule has 5 rings (SSSR count). The maximum Gasteiger partial charge on any atom is 0.221 e. The van der Waals surface area contributed by atoms with E-state index in [2.05, 4.69) is 68.9 Å². The molecular formula is C23H22Br2N2O2. The lowest BCUT2D eigenvalue weighted by Gasteiger charge is -2.50. The average molecular weight is 518 g/mol. The first-order chi connectivity index (χ1) is 13.7. The number of allylic oxidation sites excluding steroid dienone is 1. The molecule has 2 aliphatic heterocycles. The van der Waals surface area contributed by atoms with Crippen molar-refractivity contribution in [2.75, 3.05) is 0 Å².